The van der Waals surface area contributed by atoms with Crippen LogP contribution in [0.1, 0.15) is 52.9 Å². The van der Waals surface area contributed by atoms with Crippen molar-refractivity contribution in [2.45, 2.75) is 52.9 Å². The summed E-state index contributed by atoms with van der Waals surface area (Å²) in [6.45, 7) is 7.18. The average Bonchev–Trinajstić information content (AvgIpc) is 2.58. The minimum atomic E-state index is 0.936. The van der Waals surface area contributed by atoms with E-state index in [2.05, 4.69) is 20.8 Å². The van der Waals surface area contributed by atoms with E-state index in [9.17, 15) is 0 Å². The van der Waals surface area contributed by atoms with Crippen LogP contribution < -0.4 is 0 Å². The van der Waals surface area contributed by atoms with Crippen molar-refractivity contribution in [3.63, 3.8) is 0 Å². The third-order valence-corrected chi connectivity index (χ3v) is 4.67. The van der Waals surface area contributed by atoms with Crippen LogP contribution in [0.5, 0.6) is 0 Å². The fraction of sp³-hybridized carbons (Fsp3) is 1.00. The Hall–Kier alpha value is 0. The van der Waals surface area contributed by atoms with Gasteiger partial charge in [-0.2, -0.15) is 0 Å². The first-order valence-corrected chi connectivity index (χ1v) is 6.20. The van der Waals surface area contributed by atoms with Crippen molar-refractivity contribution in [3.8, 4) is 0 Å². The highest BCUT2D eigenvalue weighted by Crippen LogP contribution is 2.51. The Bertz CT molecular complexity index is 157. The predicted octanol–water partition coefficient (Wildman–Crippen LogP) is 4.10. The molecule has 2 rings (SSSR count). The molecule has 0 bridgehead atoms. The molecule has 0 aromatic carbocycles. The van der Waals surface area contributed by atoms with E-state index >= 15 is 0 Å². The molecule has 0 aromatic heterocycles. The summed E-state index contributed by atoms with van der Waals surface area (Å²) in [5, 5.41) is 0. The van der Waals surface area contributed by atoms with E-state index in [1.165, 1.54) is 6.42 Å². The molecule has 2 aliphatic rings. The fourth-order valence-corrected chi connectivity index (χ4v) is 3.67. The zero-order valence-electron chi connectivity index (χ0n) is 9.42. The SMILES string of the molecule is CCC1C[C@@H]2CC(C(C)C)C[C@@H]2C1. The minimum Gasteiger partial charge on any atom is -0.0651 e. The molecular weight excluding hydrogens is 156 g/mol. The molecule has 2 saturated carbocycles. The summed E-state index contributed by atoms with van der Waals surface area (Å²) in [6.07, 6.45) is 7.66. The molecule has 0 saturated heterocycles. The molecule has 0 amide bonds. The Labute approximate surface area is 83.1 Å². The first kappa shape index (κ1) is 9.55. The number of hydrogen-bond donors (Lipinski definition) is 0. The number of rotatable bonds is 2. The van der Waals surface area contributed by atoms with Crippen molar-refractivity contribution >= 4 is 0 Å². The zero-order valence-corrected chi connectivity index (χ0v) is 9.42. The standard InChI is InChI=1S/C13H24/c1-4-10-5-12-7-11(9(2)3)8-13(12)6-10/h9-13H,4-8H2,1-3H3/t10?,11?,12-,13+. The maximum absolute atomic E-state index is 2.41. The second-order valence-corrected chi connectivity index (χ2v) is 5.74. The lowest BCUT2D eigenvalue weighted by molar-refractivity contribution is 0.345. The van der Waals surface area contributed by atoms with Gasteiger partial charge in [0.05, 0.1) is 0 Å². The van der Waals surface area contributed by atoms with Crippen LogP contribution in [0.25, 0.3) is 0 Å². The molecule has 0 N–H and O–H groups in total. The lowest BCUT2D eigenvalue weighted by atomic mass is 9.89. The van der Waals surface area contributed by atoms with Crippen molar-refractivity contribution < 1.29 is 0 Å². The molecule has 0 heterocycles. The van der Waals surface area contributed by atoms with E-state index in [4.69, 9.17) is 0 Å². The van der Waals surface area contributed by atoms with Gasteiger partial charge in [-0.3, -0.25) is 0 Å². The molecule has 13 heavy (non-hydrogen) atoms. The topological polar surface area (TPSA) is 0 Å². The van der Waals surface area contributed by atoms with Gasteiger partial charge in [-0.05, 0) is 55.3 Å². The van der Waals surface area contributed by atoms with Crippen molar-refractivity contribution in [3.05, 3.63) is 0 Å². The lowest BCUT2D eigenvalue weighted by Crippen LogP contribution is -2.06. The molecule has 76 valence electrons. The number of fused-ring (bicyclic) bond motifs is 1. The van der Waals surface area contributed by atoms with Crippen molar-refractivity contribution in [2.24, 2.45) is 29.6 Å². The third-order valence-electron chi connectivity index (χ3n) is 4.67. The molecule has 0 radical (unpaired) electrons. The average molecular weight is 180 g/mol. The van der Waals surface area contributed by atoms with Crippen LogP contribution in [-0.4, -0.2) is 0 Å². The molecule has 0 spiro atoms. The van der Waals surface area contributed by atoms with Gasteiger partial charge in [-0.15, -0.1) is 0 Å². The smallest absolute Gasteiger partial charge is 0.0380 e. The largest absolute Gasteiger partial charge is 0.0651 e. The van der Waals surface area contributed by atoms with E-state index < -0.39 is 0 Å². The van der Waals surface area contributed by atoms with Crippen LogP contribution in [-0.2, 0) is 0 Å². The first-order valence-electron chi connectivity index (χ1n) is 6.20. The first-order chi connectivity index (χ1) is 6.20. The molecule has 2 unspecified atom stereocenters. The van der Waals surface area contributed by atoms with Crippen LogP contribution in [0.2, 0.25) is 0 Å². The van der Waals surface area contributed by atoms with Crippen LogP contribution >= 0.6 is 0 Å². The highest BCUT2D eigenvalue weighted by Gasteiger charge is 2.41. The summed E-state index contributed by atoms with van der Waals surface area (Å²) >= 11 is 0. The summed E-state index contributed by atoms with van der Waals surface area (Å²) < 4.78 is 0. The van der Waals surface area contributed by atoms with Gasteiger partial charge in [-0.25, -0.2) is 0 Å². The van der Waals surface area contributed by atoms with Gasteiger partial charge in [0, 0.05) is 0 Å². The van der Waals surface area contributed by atoms with Gasteiger partial charge in [0.15, 0.2) is 0 Å². The van der Waals surface area contributed by atoms with E-state index in [1.807, 2.05) is 0 Å². The minimum absolute atomic E-state index is 0.936. The van der Waals surface area contributed by atoms with Crippen molar-refractivity contribution in [2.75, 3.05) is 0 Å². The van der Waals surface area contributed by atoms with Gasteiger partial charge < -0.3 is 0 Å². The summed E-state index contributed by atoms with van der Waals surface area (Å²) in [6, 6.07) is 0. The summed E-state index contributed by atoms with van der Waals surface area (Å²) in [4.78, 5) is 0. The molecule has 4 atom stereocenters. The van der Waals surface area contributed by atoms with Gasteiger partial charge in [-0.1, -0.05) is 27.2 Å². The van der Waals surface area contributed by atoms with E-state index in [0.717, 1.165) is 29.6 Å². The normalized spacial score (nSPS) is 44.3. The molecule has 0 aromatic rings. The Morgan fingerprint density at radius 1 is 1.00 bits per heavy atom. The van der Waals surface area contributed by atoms with Crippen LogP contribution in [0, 0.1) is 29.6 Å². The summed E-state index contributed by atoms with van der Waals surface area (Å²) in [7, 11) is 0. The Balaban J connectivity index is 1.89. The second-order valence-electron chi connectivity index (χ2n) is 5.74. The molecule has 0 aliphatic heterocycles. The monoisotopic (exact) mass is 180 g/mol. The Kier molecular flexibility index (Phi) is 2.67. The highest BCUT2D eigenvalue weighted by molar-refractivity contribution is 4.91. The molecule has 0 heteroatoms. The molecular formula is C13H24. The maximum Gasteiger partial charge on any atom is -0.0380 e. The van der Waals surface area contributed by atoms with Gasteiger partial charge in [0.2, 0.25) is 0 Å². The predicted molar refractivity (Wildman–Crippen MR) is 57.6 cm³/mol. The highest BCUT2D eigenvalue weighted by atomic mass is 14.5. The second kappa shape index (κ2) is 3.63. The van der Waals surface area contributed by atoms with Gasteiger partial charge in [0.1, 0.15) is 0 Å². The Morgan fingerprint density at radius 2 is 1.54 bits per heavy atom. The van der Waals surface area contributed by atoms with Crippen molar-refractivity contribution in [1.29, 1.82) is 0 Å². The van der Waals surface area contributed by atoms with Gasteiger partial charge >= 0.3 is 0 Å². The maximum atomic E-state index is 2.41. The molecule has 2 fully saturated rings. The fourth-order valence-electron chi connectivity index (χ4n) is 3.67. The summed E-state index contributed by atoms with van der Waals surface area (Å²) in [5.74, 6) is 5.33. The summed E-state index contributed by atoms with van der Waals surface area (Å²) in [5.41, 5.74) is 0. The lowest BCUT2D eigenvalue weighted by Gasteiger charge is -2.16. The van der Waals surface area contributed by atoms with Crippen molar-refractivity contribution in [1.82, 2.24) is 0 Å². The quantitative estimate of drug-likeness (QED) is 0.600. The Morgan fingerprint density at radius 3 is 1.92 bits per heavy atom. The zero-order chi connectivity index (χ0) is 9.42. The molecule has 2 aliphatic carbocycles. The van der Waals surface area contributed by atoms with E-state index in [0.29, 0.717) is 0 Å². The third kappa shape index (κ3) is 1.78. The van der Waals surface area contributed by atoms with Crippen LogP contribution in [0.3, 0.4) is 0 Å². The van der Waals surface area contributed by atoms with Gasteiger partial charge in [0.25, 0.3) is 0 Å². The van der Waals surface area contributed by atoms with E-state index in [1.54, 1.807) is 25.7 Å². The van der Waals surface area contributed by atoms with E-state index in [-0.39, 0.29) is 0 Å². The van der Waals surface area contributed by atoms with Crippen LogP contribution in [0.15, 0.2) is 0 Å². The number of hydrogen-bond acceptors (Lipinski definition) is 0. The van der Waals surface area contributed by atoms with Crippen LogP contribution in [0.4, 0.5) is 0 Å². The molecule has 0 nitrogen and oxygen atoms in total.